The topological polar surface area (TPSA) is 27.1 Å². The van der Waals surface area contributed by atoms with Crippen molar-refractivity contribution in [1.29, 1.82) is 0 Å². The lowest BCUT2D eigenvalue weighted by molar-refractivity contribution is 0.101. The number of aromatic nitrogens is 2. The largest absolute Gasteiger partial charge is 0.370 e. The van der Waals surface area contributed by atoms with Crippen molar-refractivity contribution < 1.29 is 4.74 Å². The standard InChI is InChI=1S/C13H15IN2O/c1-10-13(14)12(16(2)15-10)9-17-8-11-6-4-3-5-7-11/h3-7H,8-9H2,1-2H3. The highest BCUT2D eigenvalue weighted by atomic mass is 127. The monoisotopic (exact) mass is 342 g/mol. The molecule has 4 heteroatoms. The molecule has 1 aromatic heterocycles. The Labute approximate surface area is 115 Å². The van der Waals surface area contributed by atoms with Crippen LogP contribution in [0.4, 0.5) is 0 Å². The number of rotatable bonds is 4. The zero-order valence-corrected chi connectivity index (χ0v) is 12.1. The predicted octanol–water partition coefficient (Wildman–Crippen LogP) is 3.05. The third kappa shape index (κ3) is 3.07. The van der Waals surface area contributed by atoms with E-state index in [1.54, 1.807) is 0 Å². The number of ether oxygens (including phenoxy) is 1. The highest BCUT2D eigenvalue weighted by Gasteiger charge is 2.10. The lowest BCUT2D eigenvalue weighted by atomic mass is 10.2. The van der Waals surface area contributed by atoms with Gasteiger partial charge in [-0.25, -0.2) is 0 Å². The summed E-state index contributed by atoms with van der Waals surface area (Å²) in [5, 5.41) is 4.37. The summed E-state index contributed by atoms with van der Waals surface area (Å²) in [4.78, 5) is 0. The van der Waals surface area contributed by atoms with Crippen molar-refractivity contribution in [2.75, 3.05) is 0 Å². The van der Waals surface area contributed by atoms with Crippen molar-refractivity contribution in [3.8, 4) is 0 Å². The van der Waals surface area contributed by atoms with E-state index >= 15 is 0 Å². The Morgan fingerprint density at radius 3 is 2.53 bits per heavy atom. The lowest BCUT2D eigenvalue weighted by Crippen LogP contribution is -2.02. The first-order chi connectivity index (χ1) is 8.18. The van der Waals surface area contributed by atoms with Crippen LogP contribution in [0.3, 0.4) is 0 Å². The van der Waals surface area contributed by atoms with Crippen LogP contribution < -0.4 is 0 Å². The quantitative estimate of drug-likeness (QED) is 0.799. The summed E-state index contributed by atoms with van der Waals surface area (Å²) in [5.74, 6) is 0. The van der Waals surface area contributed by atoms with Crippen molar-refractivity contribution in [3.05, 3.63) is 50.9 Å². The van der Waals surface area contributed by atoms with Crippen molar-refractivity contribution in [3.63, 3.8) is 0 Å². The van der Waals surface area contributed by atoms with E-state index in [0.717, 1.165) is 11.4 Å². The number of halogens is 1. The van der Waals surface area contributed by atoms with Crippen LogP contribution in [0.15, 0.2) is 30.3 Å². The van der Waals surface area contributed by atoms with Crippen LogP contribution in [0, 0.1) is 10.5 Å². The molecule has 0 aliphatic rings. The summed E-state index contributed by atoms with van der Waals surface area (Å²) in [6, 6.07) is 10.2. The summed E-state index contributed by atoms with van der Waals surface area (Å²) in [5.41, 5.74) is 3.40. The summed E-state index contributed by atoms with van der Waals surface area (Å²) in [6.07, 6.45) is 0. The SMILES string of the molecule is Cc1nn(C)c(COCc2ccccc2)c1I. The van der Waals surface area contributed by atoms with Crippen LogP contribution >= 0.6 is 22.6 Å². The van der Waals surface area contributed by atoms with E-state index in [9.17, 15) is 0 Å². The molecule has 90 valence electrons. The van der Waals surface area contributed by atoms with Crippen LogP contribution in [0.5, 0.6) is 0 Å². The van der Waals surface area contributed by atoms with Crippen molar-refractivity contribution >= 4 is 22.6 Å². The van der Waals surface area contributed by atoms with Gasteiger partial charge in [0.15, 0.2) is 0 Å². The molecule has 3 nitrogen and oxygen atoms in total. The average molecular weight is 342 g/mol. The first kappa shape index (κ1) is 12.6. The number of benzene rings is 1. The van der Waals surface area contributed by atoms with E-state index in [-0.39, 0.29) is 0 Å². The number of aryl methyl sites for hydroxylation is 2. The van der Waals surface area contributed by atoms with Gasteiger partial charge in [0.2, 0.25) is 0 Å². The highest BCUT2D eigenvalue weighted by Crippen LogP contribution is 2.16. The second-order valence-electron chi connectivity index (χ2n) is 3.95. The van der Waals surface area contributed by atoms with E-state index in [1.807, 2.05) is 36.9 Å². The van der Waals surface area contributed by atoms with E-state index in [2.05, 4.69) is 39.8 Å². The Kier molecular flexibility index (Phi) is 4.17. The Balaban J connectivity index is 1.95. The summed E-state index contributed by atoms with van der Waals surface area (Å²) < 4.78 is 8.80. The highest BCUT2D eigenvalue weighted by molar-refractivity contribution is 14.1. The second-order valence-corrected chi connectivity index (χ2v) is 5.03. The van der Waals surface area contributed by atoms with E-state index < -0.39 is 0 Å². The summed E-state index contributed by atoms with van der Waals surface area (Å²) >= 11 is 2.32. The normalized spacial score (nSPS) is 10.8. The first-order valence-electron chi connectivity index (χ1n) is 5.48. The molecule has 0 aliphatic carbocycles. The third-order valence-electron chi connectivity index (χ3n) is 2.61. The molecule has 0 unspecified atom stereocenters. The molecule has 0 radical (unpaired) electrons. The molecule has 0 amide bonds. The van der Waals surface area contributed by atoms with E-state index in [0.29, 0.717) is 13.2 Å². The third-order valence-corrected chi connectivity index (χ3v) is 4.02. The van der Waals surface area contributed by atoms with Crippen molar-refractivity contribution in [2.45, 2.75) is 20.1 Å². The molecule has 1 heterocycles. The molecule has 0 saturated carbocycles. The Bertz CT molecular complexity index is 494. The van der Waals surface area contributed by atoms with Gasteiger partial charge in [0, 0.05) is 7.05 Å². The zero-order chi connectivity index (χ0) is 12.3. The van der Waals surface area contributed by atoms with Gasteiger partial charge >= 0.3 is 0 Å². The van der Waals surface area contributed by atoms with Gasteiger partial charge in [-0.15, -0.1) is 0 Å². The average Bonchev–Trinajstić information content (AvgIpc) is 2.57. The minimum absolute atomic E-state index is 0.602. The van der Waals surface area contributed by atoms with Crippen LogP contribution in [0.25, 0.3) is 0 Å². The molecule has 2 rings (SSSR count). The van der Waals surface area contributed by atoms with Gasteiger partial charge in [-0.3, -0.25) is 4.68 Å². The molecule has 0 fully saturated rings. The number of hydrogen-bond donors (Lipinski definition) is 0. The fraction of sp³-hybridized carbons (Fsp3) is 0.308. The maximum absolute atomic E-state index is 5.72. The molecule has 2 aromatic rings. The number of nitrogens with zero attached hydrogens (tertiary/aromatic N) is 2. The molecule has 1 aromatic carbocycles. The van der Waals surface area contributed by atoms with Crippen LogP contribution in [-0.4, -0.2) is 9.78 Å². The van der Waals surface area contributed by atoms with Crippen molar-refractivity contribution in [1.82, 2.24) is 9.78 Å². The molecule has 0 atom stereocenters. The van der Waals surface area contributed by atoms with Crippen LogP contribution in [0.1, 0.15) is 17.0 Å². The van der Waals surface area contributed by atoms with Gasteiger partial charge in [-0.05, 0) is 35.1 Å². The molecule has 0 bridgehead atoms. The summed E-state index contributed by atoms with van der Waals surface area (Å²) in [7, 11) is 1.95. The minimum atomic E-state index is 0.602. The van der Waals surface area contributed by atoms with Gasteiger partial charge in [0.1, 0.15) is 0 Å². The molecule has 0 spiro atoms. The maximum Gasteiger partial charge on any atom is 0.0900 e. The second kappa shape index (κ2) is 5.64. The zero-order valence-electron chi connectivity index (χ0n) is 9.98. The molecule has 17 heavy (non-hydrogen) atoms. The lowest BCUT2D eigenvalue weighted by Gasteiger charge is -2.05. The van der Waals surface area contributed by atoms with Gasteiger partial charge in [-0.2, -0.15) is 5.10 Å². The van der Waals surface area contributed by atoms with Crippen molar-refractivity contribution in [2.24, 2.45) is 7.05 Å². The minimum Gasteiger partial charge on any atom is -0.370 e. The predicted molar refractivity (Wildman–Crippen MR) is 75.6 cm³/mol. The van der Waals surface area contributed by atoms with E-state index in [1.165, 1.54) is 9.13 Å². The molecule has 0 saturated heterocycles. The summed E-state index contributed by atoms with van der Waals surface area (Å²) in [6.45, 7) is 3.26. The van der Waals surface area contributed by atoms with Crippen LogP contribution in [0.2, 0.25) is 0 Å². The molecular formula is C13H15IN2O. The Morgan fingerprint density at radius 1 is 1.24 bits per heavy atom. The fourth-order valence-electron chi connectivity index (χ4n) is 1.68. The van der Waals surface area contributed by atoms with Gasteiger partial charge in [0.25, 0.3) is 0 Å². The first-order valence-corrected chi connectivity index (χ1v) is 6.56. The Morgan fingerprint density at radius 2 is 1.94 bits per heavy atom. The smallest absolute Gasteiger partial charge is 0.0900 e. The van der Waals surface area contributed by atoms with Gasteiger partial charge in [0.05, 0.1) is 28.2 Å². The van der Waals surface area contributed by atoms with Crippen LogP contribution in [-0.2, 0) is 25.0 Å². The van der Waals surface area contributed by atoms with Gasteiger partial charge in [-0.1, -0.05) is 30.3 Å². The molecule has 0 N–H and O–H groups in total. The molecule has 0 aliphatic heterocycles. The van der Waals surface area contributed by atoms with Gasteiger partial charge < -0.3 is 4.74 Å². The maximum atomic E-state index is 5.72. The Hall–Kier alpha value is -0.880. The number of hydrogen-bond acceptors (Lipinski definition) is 2. The van der Waals surface area contributed by atoms with E-state index in [4.69, 9.17) is 4.74 Å². The molecular weight excluding hydrogens is 327 g/mol. The fourth-order valence-corrected chi connectivity index (χ4v) is 2.29.